The summed E-state index contributed by atoms with van der Waals surface area (Å²) in [5, 5.41) is 3.81. The number of carbonyl (C=O) groups excluding carboxylic acids is 2. The van der Waals surface area contributed by atoms with Crippen LogP contribution in [0.1, 0.15) is 10.4 Å². The number of methoxy groups -OCH3 is 1. The van der Waals surface area contributed by atoms with E-state index in [4.69, 9.17) is 16.3 Å². The first-order valence-electron chi connectivity index (χ1n) is 8.78. The summed E-state index contributed by atoms with van der Waals surface area (Å²) < 4.78 is 7.27. The first-order chi connectivity index (χ1) is 14.1. The molecule has 0 atom stereocenters. The van der Waals surface area contributed by atoms with Crippen LogP contribution in [0.3, 0.4) is 0 Å². The topological polar surface area (TPSA) is 73.2 Å². The average Bonchev–Trinajstić information content (AvgIpc) is 3.13. The number of pyridine rings is 1. The fraction of sp³-hybridized carbons (Fsp3) is 0.0455. The second-order valence-corrected chi connectivity index (χ2v) is 6.70. The predicted molar refractivity (Wildman–Crippen MR) is 112 cm³/mol. The Labute approximate surface area is 171 Å². The predicted octanol–water partition coefficient (Wildman–Crippen LogP) is 4.51. The van der Waals surface area contributed by atoms with Gasteiger partial charge in [-0.25, -0.2) is 0 Å². The Balaban J connectivity index is 1.79. The number of ketones is 1. The van der Waals surface area contributed by atoms with Gasteiger partial charge in [0.2, 0.25) is 0 Å². The quantitative estimate of drug-likeness (QED) is 0.391. The third-order valence-corrected chi connectivity index (χ3v) is 4.74. The summed E-state index contributed by atoms with van der Waals surface area (Å²) in [7, 11) is 1.55. The number of aromatic nitrogens is 2. The first-order valence-corrected chi connectivity index (χ1v) is 9.16. The van der Waals surface area contributed by atoms with Crippen LogP contribution in [0.15, 0.2) is 73.2 Å². The van der Waals surface area contributed by atoms with Crippen molar-refractivity contribution in [1.29, 1.82) is 0 Å². The van der Waals surface area contributed by atoms with Crippen LogP contribution in [0.5, 0.6) is 5.75 Å². The van der Waals surface area contributed by atoms with Crippen molar-refractivity contribution < 1.29 is 14.3 Å². The molecule has 6 nitrogen and oxygen atoms in total. The number of hydrogen-bond acceptors (Lipinski definition) is 4. The number of halogens is 1. The van der Waals surface area contributed by atoms with Crippen molar-refractivity contribution in [2.24, 2.45) is 0 Å². The number of para-hydroxylation sites is 1. The number of amides is 1. The molecular weight excluding hydrogens is 390 g/mol. The summed E-state index contributed by atoms with van der Waals surface area (Å²) in [4.78, 5) is 29.4. The van der Waals surface area contributed by atoms with E-state index >= 15 is 0 Å². The minimum Gasteiger partial charge on any atom is -0.495 e. The van der Waals surface area contributed by atoms with Gasteiger partial charge in [-0.3, -0.25) is 14.6 Å². The van der Waals surface area contributed by atoms with Gasteiger partial charge < -0.3 is 14.6 Å². The molecule has 2 aromatic heterocycles. The normalized spacial score (nSPS) is 10.7. The van der Waals surface area contributed by atoms with Crippen LogP contribution >= 0.6 is 11.6 Å². The van der Waals surface area contributed by atoms with Crippen LogP contribution in [0.25, 0.3) is 16.6 Å². The van der Waals surface area contributed by atoms with E-state index < -0.39 is 11.7 Å². The van der Waals surface area contributed by atoms with Gasteiger partial charge in [-0.05, 0) is 30.3 Å². The molecule has 0 aliphatic heterocycles. The molecule has 0 saturated carbocycles. The van der Waals surface area contributed by atoms with E-state index in [1.165, 1.54) is 0 Å². The van der Waals surface area contributed by atoms with Gasteiger partial charge in [0.15, 0.2) is 0 Å². The summed E-state index contributed by atoms with van der Waals surface area (Å²) in [5.74, 6) is -0.801. The molecule has 7 heteroatoms. The lowest BCUT2D eigenvalue weighted by molar-refractivity contribution is -0.112. The zero-order chi connectivity index (χ0) is 20.4. The van der Waals surface area contributed by atoms with Gasteiger partial charge in [-0.15, -0.1) is 0 Å². The molecule has 0 saturated heterocycles. The Morgan fingerprint density at radius 2 is 1.83 bits per heavy atom. The molecule has 1 N–H and O–H groups in total. The van der Waals surface area contributed by atoms with Crippen LogP contribution in [0, 0.1) is 0 Å². The standard InChI is InChI=1S/C22H16ClN3O3/c1-29-20-12-14(23)6-7-19(20)26-13-17(16-4-2-3-5-18(16)26)21(27)22(28)25-15-8-10-24-11-9-15/h2-13H,1H3,(H,24,25,28). The smallest absolute Gasteiger partial charge is 0.296 e. The number of Topliss-reactive ketones (excluding diaryl/α,β-unsaturated/α-hetero) is 1. The van der Waals surface area contributed by atoms with Crippen LogP contribution in [0.4, 0.5) is 5.69 Å². The van der Waals surface area contributed by atoms with Crippen LogP contribution < -0.4 is 10.1 Å². The molecular formula is C22H16ClN3O3. The Kier molecular flexibility index (Phi) is 5.01. The van der Waals surface area contributed by atoms with Crippen molar-refractivity contribution >= 4 is 39.9 Å². The third-order valence-electron chi connectivity index (χ3n) is 4.50. The number of nitrogens with zero attached hydrogens (tertiary/aromatic N) is 2. The number of anilines is 1. The van der Waals surface area contributed by atoms with Crippen molar-refractivity contribution in [2.75, 3.05) is 12.4 Å². The van der Waals surface area contributed by atoms with Crippen molar-refractivity contribution in [3.05, 3.63) is 83.8 Å². The maximum atomic E-state index is 12.9. The maximum absolute atomic E-state index is 12.9. The van der Waals surface area contributed by atoms with Gasteiger partial charge >= 0.3 is 0 Å². The second-order valence-electron chi connectivity index (χ2n) is 6.27. The molecule has 0 fully saturated rings. The Morgan fingerprint density at radius 1 is 1.07 bits per heavy atom. The van der Waals surface area contributed by atoms with Gasteiger partial charge in [-0.1, -0.05) is 29.8 Å². The van der Waals surface area contributed by atoms with Crippen LogP contribution in [-0.4, -0.2) is 28.4 Å². The minimum atomic E-state index is -0.720. The number of fused-ring (bicyclic) bond motifs is 1. The van der Waals surface area contributed by atoms with Gasteiger partial charge in [0, 0.05) is 40.8 Å². The summed E-state index contributed by atoms with van der Waals surface area (Å²) in [5.41, 5.74) is 2.28. The molecule has 2 aromatic carbocycles. The molecule has 144 valence electrons. The summed E-state index contributed by atoms with van der Waals surface area (Å²) >= 11 is 6.07. The number of hydrogen-bond donors (Lipinski definition) is 1. The van der Waals surface area contributed by atoms with E-state index in [1.807, 2.05) is 22.8 Å². The van der Waals surface area contributed by atoms with Crippen LogP contribution in [-0.2, 0) is 4.79 Å². The van der Waals surface area contributed by atoms with Gasteiger partial charge in [0.25, 0.3) is 11.7 Å². The highest BCUT2D eigenvalue weighted by atomic mass is 35.5. The molecule has 0 bridgehead atoms. The molecule has 4 aromatic rings. The molecule has 0 spiro atoms. The largest absolute Gasteiger partial charge is 0.495 e. The first kappa shape index (κ1) is 18.7. The Hall–Kier alpha value is -3.64. The Morgan fingerprint density at radius 3 is 2.59 bits per heavy atom. The average molecular weight is 406 g/mol. The SMILES string of the molecule is COc1cc(Cl)ccc1-n1cc(C(=O)C(=O)Nc2ccncc2)c2ccccc21. The van der Waals surface area contributed by atoms with Crippen molar-refractivity contribution in [3.63, 3.8) is 0 Å². The van der Waals surface area contributed by atoms with E-state index in [2.05, 4.69) is 10.3 Å². The van der Waals surface area contributed by atoms with Gasteiger partial charge in [0.05, 0.1) is 23.9 Å². The number of ether oxygens (including phenoxy) is 1. The highest BCUT2D eigenvalue weighted by molar-refractivity contribution is 6.48. The molecule has 2 heterocycles. The maximum Gasteiger partial charge on any atom is 0.296 e. The van der Waals surface area contributed by atoms with Gasteiger partial charge in [0.1, 0.15) is 5.75 Å². The fourth-order valence-corrected chi connectivity index (χ4v) is 3.32. The fourth-order valence-electron chi connectivity index (χ4n) is 3.16. The Bertz CT molecular complexity index is 1220. The zero-order valence-corrected chi connectivity index (χ0v) is 16.2. The molecule has 0 unspecified atom stereocenters. The van der Waals surface area contributed by atoms with E-state index in [-0.39, 0.29) is 0 Å². The molecule has 0 aliphatic rings. The highest BCUT2D eigenvalue weighted by Crippen LogP contribution is 2.32. The van der Waals surface area contributed by atoms with E-state index in [0.29, 0.717) is 33.1 Å². The number of carbonyl (C=O) groups is 2. The highest BCUT2D eigenvalue weighted by Gasteiger charge is 2.23. The van der Waals surface area contributed by atoms with Crippen molar-refractivity contribution in [2.45, 2.75) is 0 Å². The summed E-state index contributed by atoms with van der Waals surface area (Å²) in [6.07, 6.45) is 4.72. The lowest BCUT2D eigenvalue weighted by Gasteiger charge is -2.11. The minimum absolute atomic E-state index is 0.296. The second kappa shape index (κ2) is 7.77. The molecule has 4 rings (SSSR count). The molecule has 1 amide bonds. The third kappa shape index (κ3) is 3.58. The van der Waals surface area contributed by atoms with E-state index in [0.717, 1.165) is 5.52 Å². The molecule has 0 aliphatic carbocycles. The lowest BCUT2D eigenvalue weighted by atomic mass is 10.1. The van der Waals surface area contributed by atoms with Crippen molar-refractivity contribution in [3.8, 4) is 11.4 Å². The lowest BCUT2D eigenvalue weighted by Crippen LogP contribution is -2.22. The molecule has 29 heavy (non-hydrogen) atoms. The number of nitrogens with one attached hydrogen (secondary N) is 1. The van der Waals surface area contributed by atoms with Crippen LogP contribution in [0.2, 0.25) is 5.02 Å². The number of benzene rings is 2. The van der Waals surface area contributed by atoms with E-state index in [1.54, 1.807) is 62.1 Å². The van der Waals surface area contributed by atoms with Gasteiger partial charge in [-0.2, -0.15) is 0 Å². The zero-order valence-electron chi connectivity index (χ0n) is 15.4. The number of rotatable bonds is 5. The van der Waals surface area contributed by atoms with Crippen molar-refractivity contribution in [1.82, 2.24) is 9.55 Å². The summed E-state index contributed by atoms with van der Waals surface area (Å²) in [6, 6.07) is 15.9. The monoisotopic (exact) mass is 405 g/mol. The summed E-state index contributed by atoms with van der Waals surface area (Å²) in [6.45, 7) is 0. The van der Waals surface area contributed by atoms with E-state index in [9.17, 15) is 9.59 Å². The molecule has 0 radical (unpaired) electrons.